The normalized spacial score (nSPS) is 12.3. The molecular weight excluding hydrogens is 368 g/mol. The Bertz CT molecular complexity index is 880. The molecule has 0 aliphatic carbocycles. The van der Waals surface area contributed by atoms with Gasteiger partial charge in [0.25, 0.3) is 5.91 Å². The summed E-state index contributed by atoms with van der Waals surface area (Å²) < 4.78 is 25.7. The van der Waals surface area contributed by atoms with Crippen molar-refractivity contribution in [1.29, 1.82) is 0 Å². The van der Waals surface area contributed by atoms with Gasteiger partial charge in [-0.2, -0.15) is 0 Å². The standard InChI is InChI=1S/C19H22N2O5S/c1-20-27(25,26)17-10-7-15(8-11-17)19(24)21-16(9-12-18(22)23)13-14-5-3-2-4-6-14/h2-8,10-11,16,20H,9,12-13H2,1H3,(H,21,24)(H,22,23). The van der Waals surface area contributed by atoms with Gasteiger partial charge in [0.05, 0.1) is 4.90 Å². The van der Waals surface area contributed by atoms with E-state index in [1.165, 1.54) is 31.3 Å². The molecule has 2 aromatic carbocycles. The maximum absolute atomic E-state index is 12.5. The highest BCUT2D eigenvalue weighted by atomic mass is 32.2. The molecule has 27 heavy (non-hydrogen) atoms. The number of carbonyl (C=O) groups is 2. The third-order valence-corrected chi connectivity index (χ3v) is 5.49. The second-order valence-corrected chi connectivity index (χ2v) is 7.91. The molecule has 0 fully saturated rings. The maximum Gasteiger partial charge on any atom is 0.303 e. The van der Waals surface area contributed by atoms with E-state index in [1.54, 1.807) is 0 Å². The quantitative estimate of drug-likeness (QED) is 0.604. The van der Waals surface area contributed by atoms with Gasteiger partial charge in [0.1, 0.15) is 0 Å². The lowest BCUT2D eigenvalue weighted by atomic mass is 10.0. The van der Waals surface area contributed by atoms with Gasteiger partial charge in [-0.3, -0.25) is 9.59 Å². The molecule has 3 N–H and O–H groups in total. The van der Waals surface area contributed by atoms with Crippen LogP contribution >= 0.6 is 0 Å². The van der Waals surface area contributed by atoms with Gasteiger partial charge >= 0.3 is 5.97 Å². The summed E-state index contributed by atoms with van der Waals surface area (Å²) in [6.07, 6.45) is 0.741. The highest BCUT2D eigenvalue weighted by Gasteiger charge is 2.17. The van der Waals surface area contributed by atoms with Crippen LogP contribution in [0.4, 0.5) is 0 Å². The number of aliphatic carboxylic acids is 1. The summed E-state index contributed by atoms with van der Waals surface area (Å²) in [4.78, 5) is 23.5. The van der Waals surface area contributed by atoms with E-state index in [-0.39, 0.29) is 23.3 Å². The van der Waals surface area contributed by atoms with Gasteiger partial charge in [-0.25, -0.2) is 13.1 Å². The van der Waals surface area contributed by atoms with E-state index in [9.17, 15) is 18.0 Å². The van der Waals surface area contributed by atoms with Crippen LogP contribution in [-0.2, 0) is 21.2 Å². The number of benzene rings is 2. The molecule has 1 atom stereocenters. The summed E-state index contributed by atoms with van der Waals surface area (Å²) in [5.74, 6) is -1.31. The Morgan fingerprint density at radius 1 is 1.04 bits per heavy atom. The number of rotatable bonds is 9. The SMILES string of the molecule is CNS(=O)(=O)c1ccc(C(=O)NC(CCC(=O)O)Cc2ccccc2)cc1. The zero-order valence-corrected chi connectivity index (χ0v) is 15.7. The van der Waals surface area contributed by atoms with Crippen molar-refractivity contribution in [1.82, 2.24) is 10.0 Å². The molecule has 1 amide bonds. The van der Waals surface area contributed by atoms with Crippen LogP contribution in [0, 0.1) is 0 Å². The molecule has 0 aliphatic heterocycles. The number of carboxylic acids is 1. The average molecular weight is 390 g/mol. The number of hydrogen-bond donors (Lipinski definition) is 3. The summed E-state index contributed by atoms with van der Waals surface area (Å²) >= 11 is 0. The van der Waals surface area contributed by atoms with E-state index in [0.29, 0.717) is 18.4 Å². The molecular formula is C19H22N2O5S. The van der Waals surface area contributed by atoms with E-state index >= 15 is 0 Å². The van der Waals surface area contributed by atoms with Gasteiger partial charge in [0, 0.05) is 18.0 Å². The van der Waals surface area contributed by atoms with E-state index < -0.39 is 16.0 Å². The number of amides is 1. The molecule has 0 aliphatic rings. The highest BCUT2D eigenvalue weighted by Crippen LogP contribution is 2.12. The van der Waals surface area contributed by atoms with Crippen molar-refractivity contribution in [3.63, 3.8) is 0 Å². The summed E-state index contributed by atoms with van der Waals surface area (Å²) in [7, 11) is -2.26. The van der Waals surface area contributed by atoms with E-state index in [4.69, 9.17) is 5.11 Å². The van der Waals surface area contributed by atoms with Crippen LogP contribution in [0.5, 0.6) is 0 Å². The van der Waals surface area contributed by atoms with Crippen molar-refractivity contribution in [2.24, 2.45) is 0 Å². The molecule has 7 nitrogen and oxygen atoms in total. The third-order valence-electron chi connectivity index (χ3n) is 4.06. The largest absolute Gasteiger partial charge is 0.481 e. The predicted octanol–water partition coefficient (Wildman–Crippen LogP) is 1.80. The Labute approximate surface area is 158 Å². The predicted molar refractivity (Wildman–Crippen MR) is 101 cm³/mol. The van der Waals surface area contributed by atoms with Crippen LogP contribution in [0.2, 0.25) is 0 Å². The topological polar surface area (TPSA) is 113 Å². The molecule has 144 valence electrons. The van der Waals surface area contributed by atoms with Crippen LogP contribution in [-0.4, -0.2) is 38.5 Å². The number of hydrogen-bond acceptors (Lipinski definition) is 4. The van der Waals surface area contributed by atoms with Gasteiger partial charge in [0.15, 0.2) is 0 Å². The second-order valence-electron chi connectivity index (χ2n) is 6.02. The first-order valence-corrected chi connectivity index (χ1v) is 9.90. The van der Waals surface area contributed by atoms with E-state index in [1.807, 2.05) is 30.3 Å². The smallest absolute Gasteiger partial charge is 0.303 e. The summed E-state index contributed by atoms with van der Waals surface area (Å²) in [6, 6.07) is 14.7. The zero-order chi connectivity index (χ0) is 19.9. The Hall–Kier alpha value is -2.71. The first-order valence-electron chi connectivity index (χ1n) is 8.42. The fourth-order valence-electron chi connectivity index (χ4n) is 2.59. The molecule has 0 heterocycles. The van der Waals surface area contributed by atoms with Crippen LogP contribution in [0.25, 0.3) is 0 Å². The van der Waals surface area contributed by atoms with Crippen molar-refractivity contribution in [3.8, 4) is 0 Å². The molecule has 2 aromatic rings. The van der Waals surface area contributed by atoms with Gasteiger partial charge in [-0.1, -0.05) is 30.3 Å². The van der Waals surface area contributed by atoms with Crippen LogP contribution in [0.1, 0.15) is 28.8 Å². The minimum Gasteiger partial charge on any atom is -0.481 e. The van der Waals surface area contributed by atoms with Gasteiger partial charge < -0.3 is 10.4 Å². The van der Waals surface area contributed by atoms with Crippen molar-refractivity contribution in [2.75, 3.05) is 7.05 Å². The first kappa shape index (κ1) is 20.6. The number of carbonyl (C=O) groups excluding carboxylic acids is 1. The molecule has 0 spiro atoms. The number of carboxylic acid groups (broad SMARTS) is 1. The van der Waals surface area contributed by atoms with Crippen molar-refractivity contribution in [2.45, 2.75) is 30.2 Å². The van der Waals surface area contributed by atoms with Gasteiger partial charge in [-0.05, 0) is 49.7 Å². The fourth-order valence-corrected chi connectivity index (χ4v) is 3.32. The highest BCUT2D eigenvalue weighted by molar-refractivity contribution is 7.89. The molecule has 0 radical (unpaired) electrons. The lowest BCUT2D eigenvalue weighted by Crippen LogP contribution is -2.37. The fraction of sp³-hybridized carbons (Fsp3) is 0.263. The minimum absolute atomic E-state index is 0.0584. The summed E-state index contributed by atoms with van der Waals surface area (Å²) in [5, 5.41) is 11.8. The Morgan fingerprint density at radius 2 is 1.67 bits per heavy atom. The number of sulfonamides is 1. The molecule has 0 aromatic heterocycles. The van der Waals surface area contributed by atoms with Gasteiger partial charge in [-0.15, -0.1) is 0 Å². The van der Waals surface area contributed by atoms with E-state index in [0.717, 1.165) is 5.56 Å². The maximum atomic E-state index is 12.5. The van der Waals surface area contributed by atoms with E-state index in [2.05, 4.69) is 10.0 Å². The molecule has 8 heteroatoms. The summed E-state index contributed by atoms with van der Waals surface area (Å²) in [6.45, 7) is 0. The third kappa shape index (κ3) is 6.19. The Morgan fingerprint density at radius 3 is 2.22 bits per heavy atom. The van der Waals surface area contributed by atoms with Crippen LogP contribution in [0.3, 0.4) is 0 Å². The molecule has 2 rings (SSSR count). The molecule has 0 saturated heterocycles. The molecule has 1 unspecified atom stereocenters. The molecule has 0 bridgehead atoms. The minimum atomic E-state index is -3.57. The monoisotopic (exact) mass is 390 g/mol. The van der Waals surface area contributed by atoms with Crippen LogP contribution in [0.15, 0.2) is 59.5 Å². The Balaban J connectivity index is 2.10. The molecule has 0 saturated carbocycles. The van der Waals surface area contributed by atoms with Crippen LogP contribution < -0.4 is 10.0 Å². The second kappa shape index (κ2) is 9.29. The average Bonchev–Trinajstić information content (AvgIpc) is 2.67. The Kier molecular flexibility index (Phi) is 7.09. The van der Waals surface area contributed by atoms with Crippen molar-refractivity contribution in [3.05, 3.63) is 65.7 Å². The zero-order valence-electron chi connectivity index (χ0n) is 14.9. The van der Waals surface area contributed by atoms with Crippen molar-refractivity contribution < 1.29 is 23.1 Å². The van der Waals surface area contributed by atoms with Gasteiger partial charge in [0.2, 0.25) is 10.0 Å². The lowest BCUT2D eigenvalue weighted by Gasteiger charge is -2.18. The van der Waals surface area contributed by atoms with Crippen molar-refractivity contribution >= 4 is 21.9 Å². The lowest BCUT2D eigenvalue weighted by molar-refractivity contribution is -0.137. The number of nitrogens with one attached hydrogen (secondary N) is 2. The summed E-state index contributed by atoms with van der Waals surface area (Å²) in [5.41, 5.74) is 1.29. The first-order chi connectivity index (χ1) is 12.8.